The van der Waals surface area contributed by atoms with Crippen LogP contribution in [-0.2, 0) is 4.74 Å². The van der Waals surface area contributed by atoms with Crippen molar-refractivity contribution in [2.75, 3.05) is 25.1 Å². The summed E-state index contributed by atoms with van der Waals surface area (Å²) in [6.45, 7) is 4.98. The number of ether oxygens (including phenoxy) is 1. The molecule has 1 unspecified atom stereocenters. The van der Waals surface area contributed by atoms with E-state index in [-0.39, 0.29) is 0 Å². The number of hydrogen-bond donors (Lipinski definition) is 0. The van der Waals surface area contributed by atoms with Gasteiger partial charge < -0.3 is 9.64 Å². The van der Waals surface area contributed by atoms with Crippen LogP contribution < -0.4 is 4.90 Å². The summed E-state index contributed by atoms with van der Waals surface area (Å²) < 4.78 is 68.9. The maximum Gasteiger partial charge on any atom is 0.453 e. The van der Waals surface area contributed by atoms with E-state index in [2.05, 4.69) is 0 Å². The third-order valence-corrected chi connectivity index (χ3v) is 3.53. The standard InChI is InChI=1S/C15H20F5NO/c1-4-21(5-2)12-9-7-6-8-11(12)13(22-3)10-14(16,17)15(18,19)20/h6-9,13H,4-5,10H2,1-3H3. The number of rotatable bonds is 7. The zero-order valence-corrected chi connectivity index (χ0v) is 12.8. The van der Waals surface area contributed by atoms with Gasteiger partial charge in [-0.05, 0) is 19.9 Å². The van der Waals surface area contributed by atoms with Gasteiger partial charge in [-0.25, -0.2) is 0 Å². The lowest BCUT2D eigenvalue weighted by molar-refractivity contribution is -0.291. The lowest BCUT2D eigenvalue weighted by atomic mass is 9.99. The predicted molar refractivity (Wildman–Crippen MR) is 75.4 cm³/mol. The zero-order chi connectivity index (χ0) is 17.0. The van der Waals surface area contributed by atoms with Gasteiger partial charge in [-0.1, -0.05) is 18.2 Å². The van der Waals surface area contributed by atoms with Crippen molar-refractivity contribution in [3.05, 3.63) is 29.8 Å². The molecule has 0 aliphatic rings. The van der Waals surface area contributed by atoms with Crippen LogP contribution in [-0.4, -0.2) is 32.3 Å². The van der Waals surface area contributed by atoms with Crippen molar-refractivity contribution in [3.63, 3.8) is 0 Å². The van der Waals surface area contributed by atoms with Crippen molar-refractivity contribution in [1.29, 1.82) is 0 Å². The first-order chi connectivity index (χ1) is 10.2. The van der Waals surface area contributed by atoms with Crippen LogP contribution in [0, 0.1) is 0 Å². The molecule has 0 N–H and O–H groups in total. The van der Waals surface area contributed by atoms with Gasteiger partial charge in [0.1, 0.15) is 0 Å². The lowest BCUT2D eigenvalue weighted by Gasteiger charge is -2.29. The molecule has 1 rings (SSSR count). The van der Waals surface area contributed by atoms with Gasteiger partial charge in [0.2, 0.25) is 0 Å². The molecule has 0 fully saturated rings. The van der Waals surface area contributed by atoms with Crippen molar-refractivity contribution >= 4 is 5.69 Å². The average molecular weight is 325 g/mol. The highest BCUT2D eigenvalue weighted by atomic mass is 19.4. The Hall–Kier alpha value is -1.37. The number of anilines is 1. The summed E-state index contributed by atoms with van der Waals surface area (Å²) in [5.41, 5.74) is 0.940. The van der Waals surface area contributed by atoms with Crippen LogP contribution in [0.2, 0.25) is 0 Å². The van der Waals surface area contributed by atoms with Gasteiger partial charge in [-0.15, -0.1) is 0 Å². The van der Waals surface area contributed by atoms with Crippen molar-refractivity contribution < 1.29 is 26.7 Å². The van der Waals surface area contributed by atoms with Gasteiger partial charge >= 0.3 is 12.1 Å². The molecule has 126 valence electrons. The Kier molecular flexibility index (Phi) is 6.17. The van der Waals surface area contributed by atoms with E-state index in [1.165, 1.54) is 6.07 Å². The second-order valence-electron chi connectivity index (χ2n) is 4.86. The molecular weight excluding hydrogens is 305 g/mol. The fourth-order valence-electron chi connectivity index (χ4n) is 2.28. The molecule has 1 aromatic carbocycles. The van der Waals surface area contributed by atoms with Crippen LogP contribution in [0.5, 0.6) is 0 Å². The zero-order valence-electron chi connectivity index (χ0n) is 12.8. The lowest BCUT2D eigenvalue weighted by Crippen LogP contribution is -2.38. The smallest absolute Gasteiger partial charge is 0.376 e. The van der Waals surface area contributed by atoms with E-state index < -0.39 is 24.6 Å². The summed E-state index contributed by atoms with van der Waals surface area (Å²) in [4.78, 5) is 1.88. The molecule has 0 heterocycles. The maximum atomic E-state index is 13.3. The quantitative estimate of drug-likeness (QED) is 0.667. The number of nitrogens with zero attached hydrogens (tertiary/aromatic N) is 1. The largest absolute Gasteiger partial charge is 0.453 e. The van der Waals surface area contributed by atoms with Crippen molar-refractivity contribution in [2.24, 2.45) is 0 Å². The summed E-state index contributed by atoms with van der Waals surface area (Å²) >= 11 is 0. The molecule has 2 nitrogen and oxygen atoms in total. The van der Waals surface area contributed by atoms with E-state index >= 15 is 0 Å². The predicted octanol–water partition coefficient (Wildman–Crippen LogP) is 4.81. The van der Waals surface area contributed by atoms with Crippen LogP contribution in [0.15, 0.2) is 24.3 Å². The second-order valence-corrected chi connectivity index (χ2v) is 4.86. The number of methoxy groups -OCH3 is 1. The van der Waals surface area contributed by atoms with Gasteiger partial charge in [0, 0.05) is 31.5 Å². The second kappa shape index (κ2) is 7.26. The molecule has 0 bridgehead atoms. The normalized spacial score (nSPS) is 14.0. The number of benzene rings is 1. The van der Waals surface area contributed by atoms with Gasteiger partial charge in [0.05, 0.1) is 12.5 Å². The minimum Gasteiger partial charge on any atom is -0.376 e. The molecule has 0 radical (unpaired) electrons. The molecule has 0 aliphatic carbocycles. The highest BCUT2D eigenvalue weighted by Crippen LogP contribution is 2.43. The minimum absolute atomic E-state index is 0.331. The molecule has 0 amide bonds. The minimum atomic E-state index is -5.59. The summed E-state index contributed by atoms with van der Waals surface area (Å²) in [5, 5.41) is 0. The van der Waals surface area contributed by atoms with E-state index in [4.69, 9.17) is 4.74 Å². The summed E-state index contributed by atoms with van der Waals surface area (Å²) in [6, 6.07) is 6.53. The first kappa shape index (κ1) is 18.7. The molecule has 0 saturated carbocycles. The van der Waals surface area contributed by atoms with E-state index in [0.717, 1.165) is 7.11 Å². The molecule has 0 aromatic heterocycles. The highest BCUT2D eigenvalue weighted by molar-refractivity contribution is 5.54. The summed E-state index contributed by atoms with van der Waals surface area (Å²) in [6.07, 6.45) is -8.37. The van der Waals surface area contributed by atoms with Gasteiger partial charge in [-0.2, -0.15) is 22.0 Å². The Morgan fingerprint density at radius 2 is 1.59 bits per heavy atom. The van der Waals surface area contributed by atoms with E-state index in [1.54, 1.807) is 18.2 Å². The van der Waals surface area contributed by atoms with Crippen LogP contribution in [0.4, 0.5) is 27.6 Å². The fourth-order valence-corrected chi connectivity index (χ4v) is 2.28. The fraction of sp³-hybridized carbons (Fsp3) is 0.600. The number of para-hydroxylation sites is 1. The van der Waals surface area contributed by atoms with Crippen molar-refractivity contribution in [1.82, 2.24) is 0 Å². The van der Waals surface area contributed by atoms with E-state index in [0.29, 0.717) is 24.3 Å². The SMILES string of the molecule is CCN(CC)c1ccccc1C(CC(F)(F)C(F)(F)F)OC. The number of alkyl halides is 5. The molecule has 0 aliphatic heterocycles. The van der Waals surface area contributed by atoms with Crippen molar-refractivity contribution in [2.45, 2.75) is 38.5 Å². The Morgan fingerprint density at radius 3 is 2.05 bits per heavy atom. The first-order valence-corrected chi connectivity index (χ1v) is 6.99. The topological polar surface area (TPSA) is 12.5 Å². The van der Waals surface area contributed by atoms with E-state index in [9.17, 15) is 22.0 Å². The number of halogens is 5. The molecule has 22 heavy (non-hydrogen) atoms. The van der Waals surface area contributed by atoms with E-state index in [1.807, 2.05) is 18.7 Å². The summed E-state index contributed by atoms with van der Waals surface area (Å²) in [5.74, 6) is -4.80. The van der Waals surface area contributed by atoms with Crippen LogP contribution in [0.3, 0.4) is 0 Å². The van der Waals surface area contributed by atoms with Crippen molar-refractivity contribution in [3.8, 4) is 0 Å². The Balaban J connectivity index is 3.16. The molecule has 1 atom stereocenters. The molecule has 7 heteroatoms. The van der Waals surface area contributed by atoms with Crippen LogP contribution in [0.25, 0.3) is 0 Å². The third kappa shape index (κ3) is 4.09. The monoisotopic (exact) mass is 325 g/mol. The third-order valence-electron chi connectivity index (χ3n) is 3.53. The molecular formula is C15H20F5NO. The average Bonchev–Trinajstić information content (AvgIpc) is 2.45. The summed E-state index contributed by atoms with van der Waals surface area (Å²) in [7, 11) is 1.14. The van der Waals surface area contributed by atoms with Gasteiger partial charge in [0.15, 0.2) is 0 Å². The van der Waals surface area contributed by atoms with Crippen LogP contribution in [0.1, 0.15) is 31.9 Å². The molecule has 0 saturated heterocycles. The Bertz CT molecular complexity index is 471. The Morgan fingerprint density at radius 1 is 1.05 bits per heavy atom. The molecule has 0 spiro atoms. The van der Waals surface area contributed by atoms with Gasteiger partial charge in [0.25, 0.3) is 0 Å². The number of hydrogen-bond acceptors (Lipinski definition) is 2. The first-order valence-electron chi connectivity index (χ1n) is 6.99. The van der Waals surface area contributed by atoms with Gasteiger partial charge in [-0.3, -0.25) is 0 Å². The van der Waals surface area contributed by atoms with Crippen LogP contribution >= 0.6 is 0 Å². The maximum absolute atomic E-state index is 13.3. The molecule has 1 aromatic rings. The highest BCUT2D eigenvalue weighted by Gasteiger charge is 2.58. The Labute approximate surface area is 126 Å².